The number of carbonyl (C=O) groups is 1. The van der Waals surface area contributed by atoms with Crippen molar-refractivity contribution < 1.29 is 28.2 Å². The van der Waals surface area contributed by atoms with E-state index in [4.69, 9.17) is 9.05 Å². The van der Waals surface area contributed by atoms with Gasteiger partial charge in [0, 0.05) is 12.8 Å². The monoisotopic (exact) mass is 562 g/mol. The van der Waals surface area contributed by atoms with Crippen LogP contribution >= 0.6 is 7.82 Å². The van der Waals surface area contributed by atoms with E-state index in [9.17, 15) is 14.3 Å². The van der Waals surface area contributed by atoms with Crippen LogP contribution in [-0.4, -0.2) is 44.5 Å². The summed E-state index contributed by atoms with van der Waals surface area (Å²) in [5, 5.41) is 0. The zero-order valence-corrected chi connectivity index (χ0v) is 26.7. The molecule has 0 bridgehead atoms. The van der Waals surface area contributed by atoms with Crippen LogP contribution in [-0.2, 0) is 18.4 Å². The Balaban J connectivity index is 3.94. The highest BCUT2D eigenvalue weighted by molar-refractivity contribution is 7.47. The lowest BCUT2D eigenvalue weighted by Crippen LogP contribution is -3.05. The fraction of sp³-hybridized carbons (Fsp3) is 0.968. The van der Waals surface area contributed by atoms with Gasteiger partial charge in [0.05, 0.1) is 33.9 Å². The fourth-order valence-electron chi connectivity index (χ4n) is 4.93. The van der Waals surface area contributed by atoms with E-state index in [-0.39, 0.29) is 24.9 Å². The number of hydrogen-bond donors (Lipinski definition) is 2. The molecule has 0 heterocycles. The van der Waals surface area contributed by atoms with Gasteiger partial charge in [0.15, 0.2) is 0 Å². The summed E-state index contributed by atoms with van der Waals surface area (Å²) in [6.07, 6.45) is 25.7. The predicted octanol–water partition coefficient (Wildman–Crippen LogP) is 8.07. The van der Waals surface area contributed by atoms with Crippen molar-refractivity contribution in [1.82, 2.24) is 0 Å². The van der Waals surface area contributed by atoms with Gasteiger partial charge in [0.25, 0.3) is 0 Å². The molecule has 7 heteroatoms. The van der Waals surface area contributed by atoms with Crippen LogP contribution in [0.15, 0.2) is 0 Å². The predicted molar refractivity (Wildman–Crippen MR) is 161 cm³/mol. The molecule has 0 aromatic rings. The van der Waals surface area contributed by atoms with E-state index in [1.54, 1.807) is 0 Å². The molecule has 0 aliphatic rings. The minimum Gasteiger partial charge on any atom is -0.340 e. The molecule has 0 saturated heterocycles. The number of phosphoric ester groups is 1. The Morgan fingerprint density at radius 1 is 0.711 bits per heavy atom. The van der Waals surface area contributed by atoms with Gasteiger partial charge < -0.3 is 9.79 Å². The molecule has 38 heavy (non-hydrogen) atoms. The summed E-state index contributed by atoms with van der Waals surface area (Å²) in [5.74, 6) is 0.208. The van der Waals surface area contributed by atoms with E-state index in [1.807, 2.05) is 6.92 Å². The maximum absolute atomic E-state index is 12.3. The van der Waals surface area contributed by atoms with Gasteiger partial charge in [-0.15, -0.1) is 0 Å². The first-order chi connectivity index (χ1) is 18.3. The molecule has 0 rings (SSSR count). The maximum atomic E-state index is 12.3. The smallest absolute Gasteiger partial charge is 0.340 e. The first kappa shape index (κ1) is 37.7. The first-order valence-corrected chi connectivity index (χ1v) is 17.7. The van der Waals surface area contributed by atoms with Crippen molar-refractivity contribution in [2.45, 2.75) is 155 Å². The van der Waals surface area contributed by atoms with E-state index >= 15 is 0 Å². The fourth-order valence-corrected chi connectivity index (χ4v) is 5.76. The summed E-state index contributed by atoms with van der Waals surface area (Å²) in [4.78, 5) is 23.6. The normalized spacial score (nSPS) is 14.2. The van der Waals surface area contributed by atoms with Crippen molar-refractivity contribution in [3.8, 4) is 0 Å². The third-order valence-corrected chi connectivity index (χ3v) is 8.29. The molecular weight excluding hydrogens is 497 g/mol. The molecule has 2 atom stereocenters. The molecule has 0 saturated carbocycles. The Hall–Kier alpha value is -0.260. The standard InChI is InChI=1S/C31H64NO5P/c1-5-7-8-9-10-11-12-13-14-15-16-17-18-19-20-21-25-30(28-31(33)24-6-2)29-37-38(34,35)36-27-23-22-26-32(3)4/h30H,5-29H2,1-4H3,(H,34,35)/p+1. The summed E-state index contributed by atoms with van der Waals surface area (Å²) in [7, 11) is 0.104. The van der Waals surface area contributed by atoms with Crippen LogP contribution in [0.5, 0.6) is 0 Å². The summed E-state index contributed by atoms with van der Waals surface area (Å²) >= 11 is 0. The van der Waals surface area contributed by atoms with Gasteiger partial charge in [-0.05, 0) is 31.6 Å². The largest absolute Gasteiger partial charge is 0.472 e. The number of ketones is 1. The number of phosphoric acid groups is 1. The highest BCUT2D eigenvalue weighted by Gasteiger charge is 2.24. The molecule has 2 unspecified atom stereocenters. The summed E-state index contributed by atoms with van der Waals surface area (Å²) in [6, 6.07) is 0. The molecule has 228 valence electrons. The molecule has 2 N–H and O–H groups in total. The summed E-state index contributed by atoms with van der Waals surface area (Å²) in [5.41, 5.74) is 0. The van der Waals surface area contributed by atoms with Crippen LogP contribution in [0, 0.1) is 5.92 Å². The molecule has 6 nitrogen and oxygen atoms in total. The molecule has 0 aliphatic carbocycles. The van der Waals surface area contributed by atoms with Gasteiger partial charge in [-0.25, -0.2) is 4.57 Å². The topological polar surface area (TPSA) is 77.3 Å². The lowest BCUT2D eigenvalue weighted by Gasteiger charge is -2.19. The van der Waals surface area contributed by atoms with Crippen LogP contribution in [0.25, 0.3) is 0 Å². The second-order valence-electron chi connectivity index (χ2n) is 11.7. The third-order valence-electron chi connectivity index (χ3n) is 7.31. The summed E-state index contributed by atoms with van der Waals surface area (Å²) in [6.45, 7) is 5.62. The van der Waals surface area contributed by atoms with Crippen LogP contribution in [0.3, 0.4) is 0 Å². The van der Waals surface area contributed by atoms with E-state index in [2.05, 4.69) is 21.0 Å². The molecule has 0 aromatic carbocycles. The number of unbranched alkanes of at least 4 members (excludes halogenated alkanes) is 16. The van der Waals surface area contributed by atoms with Crippen LogP contribution in [0.1, 0.15) is 155 Å². The number of Topliss-reactive ketones (excluding diaryl/α,β-unsaturated/α-hetero) is 1. The van der Waals surface area contributed by atoms with Crippen molar-refractivity contribution in [2.75, 3.05) is 33.9 Å². The lowest BCUT2D eigenvalue weighted by atomic mass is 9.94. The SMILES string of the molecule is CCCCCCCCCCCCCCCCCCC(COP(=O)(O)OCCCC[NH+](C)C)CC(=O)CCC. The van der Waals surface area contributed by atoms with Gasteiger partial charge in [0.1, 0.15) is 5.78 Å². The quantitative estimate of drug-likeness (QED) is 0.0684. The third kappa shape index (κ3) is 27.3. The Bertz CT molecular complexity index is 572. The van der Waals surface area contributed by atoms with E-state index in [0.29, 0.717) is 12.8 Å². The van der Waals surface area contributed by atoms with Gasteiger partial charge in [-0.1, -0.05) is 117 Å². The van der Waals surface area contributed by atoms with Crippen molar-refractivity contribution in [2.24, 2.45) is 5.92 Å². The van der Waals surface area contributed by atoms with Crippen molar-refractivity contribution in [3.63, 3.8) is 0 Å². The highest BCUT2D eigenvalue weighted by Crippen LogP contribution is 2.44. The number of hydrogen-bond acceptors (Lipinski definition) is 4. The number of carbonyl (C=O) groups excluding carboxylic acids is 1. The second-order valence-corrected chi connectivity index (χ2v) is 13.2. The number of nitrogens with one attached hydrogen (secondary N) is 1. The number of rotatable bonds is 30. The van der Waals surface area contributed by atoms with Gasteiger partial charge >= 0.3 is 7.82 Å². The summed E-state index contributed by atoms with van der Waals surface area (Å²) < 4.78 is 22.7. The molecule has 0 radical (unpaired) electrons. The maximum Gasteiger partial charge on any atom is 0.472 e. The van der Waals surface area contributed by atoms with Crippen molar-refractivity contribution in [3.05, 3.63) is 0 Å². The van der Waals surface area contributed by atoms with E-state index < -0.39 is 7.82 Å². The number of quaternary nitrogens is 1. The van der Waals surface area contributed by atoms with E-state index in [1.165, 1.54) is 94.8 Å². The second kappa shape index (κ2) is 26.9. The average molecular weight is 563 g/mol. The molecule has 0 fully saturated rings. The van der Waals surface area contributed by atoms with Crippen molar-refractivity contribution >= 4 is 13.6 Å². The van der Waals surface area contributed by atoms with E-state index in [0.717, 1.165) is 45.1 Å². The minimum atomic E-state index is -4.06. The van der Waals surface area contributed by atoms with Crippen molar-refractivity contribution in [1.29, 1.82) is 0 Å². The molecule has 0 aromatic heterocycles. The van der Waals surface area contributed by atoms with Gasteiger partial charge in [-0.3, -0.25) is 13.8 Å². The molecule has 0 amide bonds. The average Bonchev–Trinajstić information content (AvgIpc) is 2.86. The zero-order chi connectivity index (χ0) is 28.3. The highest BCUT2D eigenvalue weighted by atomic mass is 31.2. The van der Waals surface area contributed by atoms with Gasteiger partial charge in [-0.2, -0.15) is 0 Å². The molecule has 0 spiro atoms. The first-order valence-electron chi connectivity index (χ1n) is 16.2. The Kier molecular flexibility index (Phi) is 26.8. The van der Waals surface area contributed by atoms with Crippen LogP contribution in [0.4, 0.5) is 0 Å². The van der Waals surface area contributed by atoms with Gasteiger partial charge in [0.2, 0.25) is 0 Å². The van der Waals surface area contributed by atoms with Crippen LogP contribution in [0.2, 0.25) is 0 Å². The molecule has 0 aliphatic heterocycles. The lowest BCUT2D eigenvalue weighted by molar-refractivity contribution is -0.858. The zero-order valence-electron chi connectivity index (χ0n) is 25.8. The Morgan fingerprint density at radius 3 is 1.68 bits per heavy atom. The Morgan fingerprint density at radius 2 is 1.21 bits per heavy atom. The van der Waals surface area contributed by atoms with Crippen LogP contribution < -0.4 is 4.90 Å². The molecular formula is C31H65NO5P+. The minimum absolute atomic E-state index is 0.0119. The Labute approximate surface area is 236 Å².